The van der Waals surface area contributed by atoms with Crippen molar-refractivity contribution < 1.29 is 0 Å². The Balaban J connectivity index is 3.67. The Bertz CT molecular complexity index is 166. The molecule has 0 fully saturated rings. The van der Waals surface area contributed by atoms with Crippen LogP contribution in [-0.4, -0.2) is 14.1 Å². The van der Waals surface area contributed by atoms with Gasteiger partial charge in [-0.15, -0.1) is 0 Å². The van der Waals surface area contributed by atoms with Gasteiger partial charge in [0.15, 0.2) is 0 Å². The summed E-state index contributed by atoms with van der Waals surface area (Å²) in [5.41, 5.74) is 1.15. The molecule has 0 unspecified atom stereocenters. The highest BCUT2D eigenvalue weighted by atomic mass is 14.8. The number of rotatable bonds is 4. The smallest absolute Gasteiger partial charge is 0.00724 e. The van der Waals surface area contributed by atoms with Crippen LogP contribution in [0.3, 0.4) is 0 Å². The second kappa shape index (κ2) is 6.93. The van der Waals surface area contributed by atoms with Crippen LogP contribution in [-0.2, 0) is 0 Å². The molecular formula is C9H16N2. The van der Waals surface area contributed by atoms with E-state index in [-0.39, 0.29) is 0 Å². The van der Waals surface area contributed by atoms with Gasteiger partial charge in [0, 0.05) is 19.8 Å². The summed E-state index contributed by atoms with van der Waals surface area (Å²) < 4.78 is 0. The Morgan fingerprint density at radius 1 is 1.09 bits per heavy atom. The van der Waals surface area contributed by atoms with Crippen LogP contribution in [0.1, 0.15) is 6.92 Å². The molecule has 0 rings (SSSR count). The van der Waals surface area contributed by atoms with Crippen LogP contribution in [0.15, 0.2) is 36.2 Å². The van der Waals surface area contributed by atoms with E-state index in [1.807, 2.05) is 51.5 Å². The largest absolute Gasteiger partial charge is 0.394 e. The molecule has 0 spiro atoms. The van der Waals surface area contributed by atoms with E-state index in [2.05, 4.69) is 10.6 Å². The second-order valence-corrected chi connectivity index (χ2v) is 2.13. The molecule has 0 amide bonds. The molecule has 0 saturated heterocycles. The molecule has 2 N–H and O–H groups in total. The molecule has 0 atom stereocenters. The normalized spacial score (nSPS) is 12.8. The summed E-state index contributed by atoms with van der Waals surface area (Å²) in [4.78, 5) is 0. The standard InChI is InChI=1S/C9H16N2/c1-9(11-3)7-5-4-6-8-10-2/h4-8,10-11H,1-3H3/b5-4-,8-6+,9-7+. The quantitative estimate of drug-likeness (QED) is 0.595. The van der Waals surface area contributed by atoms with Gasteiger partial charge in [-0.05, 0) is 25.3 Å². The predicted octanol–water partition coefficient (Wildman–Crippen LogP) is 1.40. The van der Waals surface area contributed by atoms with E-state index < -0.39 is 0 Å². The van der Waals surface area contributed by atoms with Crippen LogP contribution in [0.5, 0.6) is 0 Å². The molecule has 62 valence electrons. The molecule has 0 aliphatic heterocycles. The Hall–Kier alpha value is -1.18. The Morgan fingerprint density at radius 2 is 1.82 bits per heavy atom. The fraction of sp³-hybridized carbons (Fsp3) is 0.333. The van der Waals surface area contributed by atoms with Gasteiger partial charge >= 0.3 is 0 Å². The fourth-order valence-electron chi connectivity index (χ4n) is 0.499. The zero-order valence-corrected chi connectivity index (χ0v) is 7.39. The maximum absolute atomic E-state index is 3.03. The average Bonchev–Trinajstić information content (AvgIpc) is 2.04. The van der Waals surface area contributed by atoms with Crippen molar-refractivity contribution in [3.63, 3.8) is 0 Å². The molecular weight excluding hydrogens is 136 g/mol. The van der Waals surface area contributed by atoms with Crippen LogP contribution in [0.25, 0.3) is 0 Å². The van der Waals surface area contributed by atoms with Crippen LogP contribution in [0.2, 0.25) is 0 Å². The Labute approximate surface area is 68.7 Å². The molecule has 0 heterocycles. The molecule has 2 nitrogen and oxygen atoms in total. The molecule has 0 bridgehead atoms. The monoisotopic (exact) mass is 152 g/mol. The molecule has 0 aromatic carbocycles. The minimum Gasteiger partial charge on any atom is -0.394 e. The Morgan fingerprint density at radius 3 is 2.36 bits per heavy atom. The van der Waals surface area contributed by atoms with E-state index in [0.29, 0.717) is 0 Å². The van der Waals surface area contributed by atoms with Crippen molar-refractivity contribution in [2.45, 2.75) is 6.92 Å². The fourth-order valence-corrected chi connectivity index (χ4v) is 0.499. The van der Waals surface area contributed by atoms with Gasteiger partial charge in [0.05, 0.1) is 0 Å². The third-order valence-corrected chi connectivity index (χ3v) is 1.23. The van der Waals surface area contributed by atoms with Crippen molar-refractivity contribution in [1.82, 2.24) is 10.6 Å². The molecule has 11 heavy (non-hydrogen) atoms. The molecule has 0 saturated carbocycles. The lowest BCUT2D eigenvalue weighted by Gasteiger charge is -1.93. The summed E-state index contributed by atoms with van der Waals surface area (Å²) in [5.74, 6) is 0. The lowest BCUT2D eigenvalue weighted by Crippen LogP contribution is -2.00. The molecule has 0 aliphatic carbocycles. The Kier molecular flexibility index (Phi) is 6.19. The maximum atomic E-state index is 3.03. The molecule has 2 heteroatoms. The second-order valence-electron chi connectivity index (χ2n) is 2.13. The van der Waals surface area contributed by atoms with Gasteiger partial charge in [0.1, 0.15) is 0 Å². The minimum atomic E-state index is 1.15. The van der Waals surface area contributed by atoms with Crippen molar-refractivity contribution in [3.8, 4) is 0 Å². The molecule has 0 aliphatic rings. The summed E-state index contributed by atoms with van der Waals surface area (Å²) in [7, 11) is 3.78. The first-order chi connectivity index (χ1) is 5.31. The van der Waals surface area contributed by atoms with Gasteiger partial charge < -0.3 is 10.6 Å². The third-order valence-electron chi connectivity index (χ3n) is 1.23. The topological polar surface area (TPSA) is 24.1 Å². The first-order valence-electron chi connectivity index (χ1n) is 3.66. The maximum Gasteiger partial charge on any atom is 0.00724 e. The van der Waals surface area contributed by atoms with Gasteiger partial charge in [-0.1, -0.05) is 12.2 Å². The van der Waals surface area contributed by atoms with E-state index in [1.54, 1.807) is 0 Å². The van der Waals surface area contributed by atoms with Crippen LogP contribution in [0, 0.1) is 0 Å². The van der Waals surface area contributed by atoms with E-state index in [0.717, 1.165) is 5.70 Å². The number of nitrogens with one attached hydrogen (secondary N) is 2. The highest BCUT2D eigenvalue weighted by Crippen LogP contribution is 1.85. The van der Waals surface area contributed by atoms with E-state index in [1.165, 1.54) is 0 Å². The molecule has 0 radical (unpaired) electrons. The highest BCUT2D eigenvalue weighted by Gasteiger charge is 1.73. The summed E-state index contributed by atoms with van der Waals surface area (Å²) in [5, 5.41) is 5.93. The van der Waals surface area contributed by atoms with E-state index >= 15 is 0 Å². The first kappa shape index (κ1) is 9.82. The highest BCUT2D eigenvalue weighted by molar-refractivity contribution is 5.13. The first-order valence-corrected chi connectivity index (χ1v) is 3.66. The number of hydrogen-bond donors (Lipinski definition) is 2. The zero-order chi connectivity index (χ0) is 8.53. The van der Waals surface area contributed by atoms with Crippen molar-refractivity contribution in [3.05, 3.63) is 36.2 Å². The van der Waals surface area contributed by atoms with Crippen molar-refractivity contribution in [1.29, 1.82) is 0 Å². The lowest BCUT2D eigenvalue weighted by atomic mass is 10.4. The van der Waals surface area contributed by atoms with Gasteiger partial charge in [-0.2, -0.15) is 0 Å². The SMILES string of the molecule is CN/C=C/C=C\C=C(/C)NC. The third kappa shape index (κ3) is 6.71. The molecule has 0 aromatic rings. The number of hydrogen-bond acceptors (Lipinski definition) is 2. The van der Waals surface area contributed by atoms with Crippen LogP contribution < -0.4 is 10.6 Å². The lowest BCUT2D eigenvalue weighted by molar-refractivity contribution is 0.990. The number of allylic oxidation sites excluding steroid dienone is 5. The van der Waals surface area contributed by atoms with Crippen molar-refractivity contribution in [2.24, 2.45) is 0 Å². The average molecular weight is 152 g/mol. The van der Waals surface area contributed by atoms with Crippen LogP contribution >= 0.6 is 0 Å². The van der Waals surface area contributed by atoms with Crippen molar-refractivity contribution in [2.75, 3.05) is 14.1 Å². The minimum absolute atomic E-state index is 1.15. The van der Waals surface area contributed by atoms with Gasteiger partial charge in [0.25, 0.3) is 0 Å². The van der Waals surface area contributed by atoms with E-state index in [4.69, 9.17) is 0 Å². The summed E-state index contributed by atoms with van der Waals surface area (Å²) >= 11 is 0. The predicted molar refractivity (Wildman–Crippen MR) is 50.2 cm³/mol. The summed E-state index contributed by atoms with van der Waals surface area (Å²) in [6.45, 7) is 2.02. The van der Waals surface area contributed by atoms with Gasteiger partial charge in [0.2, 0.25) is 0 Å². The van der Waals surface area contributed by atoms with E-state index in [9.17, 15) is 0 Å². The summed E-state index contributed by atoms with van der Waals surface area (Å²) in [6, 6.07) is 0. The van der Waals surface area contributed by atoms with Gasteiger partial charge in [-0.25, -0.2) is 0 Å². The van der Waals surface area contributed by atoms with Crippen molar-refractivity contribution >= 4 is 0 Å². The zero-order valence-electron chi connectivity index (χ0n) is 7.39. The van der Waals surface area contributed by atoms with Crippen LogP contribution in [0.4, 0.5) is 0 Å². The molecule has 0 aromatic heterocycles. The summed E-state index contributed by atoms with van der Waals surface area (Å²) in [6.07, 6.45) is 9.79. The van der Waals surface area contributed by atoms with Gasteiger partial charge in [-0.3, -0.25) is 0 Å².